The van der Waals surface area contributed by atoms with E-state index in [0.717, 1.165) is 4.31 Å². The van der Waals surface area contributed by atoms with Gasteiger partial charge in [-0.1, -0.05) is 0 Å². The van der Waals surface area contributed by atoms with E-state index in [9.17, 15) is 13.2 Å². The van der Waals surface area contributed by atoms with Gasteiger partial charge in [0.1, 0.15) is 6.04 Å². The molecular weight excluding hydrogens is 196 g/mol. The molecule has 0 aromatic heterocycles. The Morgan fingerprint density at radius 3 is 2.31 bits per heavy atom. The lowest BCUT2D eigenvalue weighted by Crippen LogP contribution is -2.34. The van der Waals surface area contributed by atoms with Crippen molar-refractivity contribution in [3.05, 3.63) is 0 Å². The van der Waals surface area contributed by atoms with Gasteiger partial charge in [-0.05, 0) is 6.42 Å². The first-order chi connectivity index (χ1) is 5.77. The largest absolute Gasteiger partial charge is 0.480 e. The van der Waals surface area contributed by atoms with Crippen LogP contribution in [0.1, 0.15) is 6.42 Å². The van der Waals surface area contributed by atoms with Gasteiger partial charge >= 0.3 is 5.97 Å². The Kier molecular flexibility index (Phi) is 4.31. The third-order valence-electron chi connectivity index (χ3n) is 1.56. The smallest absolute Gasteiger partial charge is 0.320 e. The number of aliphatic carboxylic acids is 1. The highest BCUT2D eigenvalue weighted by Crippen LogP contribution is 1.99. The summed E-state index contributed by atoms with van der Waals surface area (Å²) in [5.41, 5.74) is 5.14. The van der Waals surface area contributed by atoms with E-state index in [1.807, 2.05) is 0 Å². The van der Waals surface area contributed by atoms with Crippen LogP contribution in [-0.4, -0.2) is 49.7 Å². The molecule has 1 unspecified atom stereocenters. The predicted octanol–water partition coefficient (Wildman–Crippen LogP) is -1.32. The predicted molar refractivity (Wildman–Crippen MR) is 47.7 cm³/mol. The van der Waals surface area contributed by atoms with Crippen LogP contribution in [0.15, 0.2) is 0 Å². The molecule has 0 heterocycles. The highest BCUT2D eigenvalue weighted by molar-refractivity contribution is 7.89. The minimum Gasteiger partial charge on any atom is -0.480 e. The number of rotatable bonds is 5. The van der Waals surface area contributed by atoms with E-state index in [1.165, 1.54) is 14.1 Å². The van der Waals surface area contributed by atoms with E-state index < -0.39 is 22.0 Å². The molecule has 0 aliphatic rings. The lowest BCUT2D eigenvalue weighted by atomic mass is 10.2. The van der Waals surface area contributed by atoms with Crippen LogP contribution in [0, 0.1) is 0 Å². The van der Waals surface area contributed by atoms with Crippen LogP contribution < -0.4 is 5.73 Å². The molecule has 0 bridgehead atoms. The van der Waals surface area contributed by atoms with Gasteiger partial charge in [-0.2, -0.15) is 0 Å². The Hall–Kier alpha value is -0.660. The van der Waals surface area contributed by atoms with Gasteiger partial charge in [0.25, 0.3) is 0 Å². The van der Waals surface area contributed by atoms with Gasteiger partial charge in [-0.3, -0.25) is 4.79 Å². The van der Waals surface area contributed by atoms with Gasteiger partial charge in [-0.15, -0.1) is 0 Å². The monoisotopic (exact) mass is 210 g/mol. The second-order valence-electron chi connectivity index (χ2n) is 2.83. The lowest BCUT2D eigenvalue weighted by molar-refractivity contribution is -0.138. The maximum Gasteiger partial charge on any atom is 0.320 e. The van der Waals surface area contributed by atoms with Gasteiger partial charge in [0, 0.05) is 14.1 Å². The molecule has 0 aromatic carbocycles. The van der Waals surface area contributed by atoms with Crippen molar-refractivity contribution in [1.29, 1.82) is 0 Å². The molecule has 0 spiro atoms. The second-order valence-corrected chi connectivity index (χ2v) is 5.13. The zero-order chi connectivity index (χ0) is 10.6. The topological polar surface area (TPSA) is 101 Å². The highest BCUT2D eigenvalue weighted by atomic mass is 32.2. The second kappa shape index (κ2) is 4.54. The lowest BCUT2D eigenvalue weighted by Gasteiger charge is -2.12. The first-order valence-electron chi connectivity index (χ1n) is 3.66. The summed E-state index contributed by atoms with van der Waals surface area (Å²) in [6, 6.07) is -1.12. The molecule has 0 aliphatic heterocycles. The molecule has 6 nitrogen and oxygen atoms in total. The van der Waals surface area contributed by atoms with Gasteiger partial charge in [-0.25, -0.2) is 12.7 Å². The van der Waals surface area contributed by atoms with Gasteiger partial charge < -0.3 is 10.8 Å². The minimum atomic E-state index is -3.34. The summed E-state index contributed by atoms with van der Waals surface area (Å²) in [7, 11) is -0.556. The molecule has 0 amide bonds. The van der Waals surface area contributed by atoms with Gasteiger partial charge in [0.15, 0.2) is 0 Å². The van der Waals surface area contributed by atoms with Crippen molar-refractivity contribution in [3.8, 4) is 0 Å². The zero-order valence-electron chi connectivity index (χ0n) is 7.60. The molecule has 0 saturated carbocycles. The highest BCUT2D eigenvalue weighted by Gasteiger charge is 2.18. The van der Waals surface area contributed by atoms with Crippen molar-refractivity contribution in [3.63, 3.8) is 0 Å². The van der Waals surface area contributed by atoms with Crippen LogP contribution in [0.25, 0.3) is 0 Å². The van der Waals surface area contributed by atoms with Crippen molar-refractivity contribution >= 4 is 16.0 Å². The number of hydrogen-bond donors (Lipinski definition) is 2. The normalized spacial score (nSPS) is 14.5. The van der Waals surface area contributed by atoms with Gasteiger partial charge in [0.2, 0.25) is 10.0 Å². The van der Waals surface area contributed by atoms with Crippen molar-refractivity contribution in [2.24, 2.45) is 5.73 Å². The fourth-order valence-corrected chi connectivity index (χ4v) is 1.50. The van der Waals surface area contributed by atoms with E-state index in [4.69, 9.17) is 10.8 Å². The maximum absolute atomic E-state index is 11.1. The van der Waals surface area contributed by atoms with Crippen LogP contribution in [0.3, 0.4) is 0 Å². The average Bonchev–Trinajstić information content (AvgIpc) is 1.99. The Morgan fingerprint density at radius 2 is 2.00 bits per heavy atom. The molecule has 0 aromatic rings. The fraction of sp³-hybridized carbons (Fsp3) is 0.833. The number of carbonyl (C=O) groups is 1. The van der Waals surface area contributed by atoms with Crippen LogP contribution in [-0.2, 0) is 14.8 Å². The Balaban J connectivity index is 4.11. The molecule has 13 heavy (non-hydrogen) atoms. The first-order valence-corrected chi connectivity index (χ1v) is 5.27. The summed E-state index contributed by atoms with van der Waals surface area (Å²) in [6.07, 6.45) is -0.0736. The van der Waals surface area contributed by atoms with Crippen LogP contribution in [0.4, 0.5) is 0 Å². The number of nitrogens with zero attached hydrogens (tertiary/aromatic N) is 1. The third-order valence-corrected chi connectivity index (χ3v) is 3.42. The molecule has 1 atom stereocenters. The summed E-state index contributed by atoms with van der Waals surface area (Å²) in [5.74, 6) is -1.43. The molecule has 0 saturated heterocycles. The van der Waals surface area contributed by atoms with E-state index in [0.29, 0.717) is 0 Å². The Labute approximate surface area is 77.4 Å². The maximum atomic E-state index is 11.1. The van der Waals surface area contributed by atoms with E-state index in [2.05, 4.69) is 0 Å². The molecule has 0 rings (SSSR count). The van der Waals surface area contributed by atoms with Crippen molar-refractivity contribution in [2.75, 3.05) is 19.8 Å². The summed E-state index contributed by atoms with van der Waals surface area (Å²) >= 11 is 0. The molecule has 7 heteroatoms. The molecular formula is C6H14N2O4S. The quantitative estimate of drug-likeness (QED) is 0.586. The number of hydrogen-bond acceptors (Lipinski definition) is 4. The molecule has 3 N–H and O–H groups in total. The van der Waals surface area contributed by atoms with Crippen LogP contribution in [0.2, 0.25) is 0 Å². The molecule has 78 valence electrons. The van der Waals surface area contributed by atoms with Crippen LogP contribution >= 0.6 is 0 Å². The standard InChI is InChI=1S/C6H14N2O4S/c1-8(2)13(11,12)4-3-5(7)6(9)10/h5H,3-4,7H2,1-2H3,(H,9,10). The molecule has 0 aliphatic carbocycles. The zero-order valence-corrected chi connectivity index (χ0v) is 8.41. The summed E-state index contributed by atoms with van der Waals surface area (Å²) < 4.78 is 23.3. The SMILES string of the molecule is CN(C)S(=O)(=O)CCC(N)C(=O)O. The van der Waals surface area contributed by atoms with E-state index >= 15 is 0 Å². The summed E-state index contributed by atoms with van der Waals surface area (Å²) in [5, 5.41) is 8.38. The third kappa shape index (κ3) is 4.20. The minimum absolute atomic E-state index is 0.0736. The van der Waals surface area contributed by atoms with Crippen molar-refractivity contribution < 1.29 is 18.3 Å². The number of nitrogens with two attached hydrogens (primary N) is 1. The summed E-state index contributed by atoms with van der Waals surface area (Å²) in [4.78, 5) is 10.3. The summed E-state index contributed by atoms with van der Waals surface area (Å²) in [6.45, 7) is 0. The van der Waals surface area contributed by atoms with Gasteiger partial charge in [0.05, 0.1) is 5.75 Å². The van der Waals surface area contributed by atoms with E-state index in [1.54, 1.807) is 0 Å². The number of carboxylic acid groups (broad SMARTS) is 1. The first kappa shape index (κ1) is 12.3. The number of carboxylic acids is 1. The van der Waals surface area contributed by atoms with E-state index in [-0.39, 0.29) is 12.2 Å². The fourth-order valence-electron chi connectivity index (χ4n) is 0.582. The Bertz CT molecular complexity index is 272. The molecule has 0 radical (unpaired) electrons. The average molecular weight is 210 g/mol. The molecule has 0 fully saturated rings. The van der Waals surface area contributed by atoms with Crippen LogP contribution in [0.5, 0.6) is 0 Å². The van der Waals surface area contributed by atoms with Crippen molar-refractivity contribution in [2.45, 2.75) is 12.5 Å². The number of sulfonamides is 1. The Morgan fingerprint density at radius 1 is 1.54 bits per heavy atom. The van der Waals surface area contributed by atoms with Crippen molar-refractivity contribution in [1.82, 2.24) is 4.31 Å².